The number of carboxylic acids is 1. The number of rotatable bonds is 4. The molecule has 21 heavy (non-hydrogen) atoms. The number of nitrogens with two attached hydrogens (primary N) is 1. The SMILES string of the molecule is CC(C(=O)N1CCCC[C@H]1C(=O)O)C(N)c1ccccc1. The first-order valence-electron chi connectivity index (χ1n) is 7.36. The Labute approximate surface area is 124 Å². The Hall–Kier alpha value is -1.88. The summed E-state index contributed by atoms with van der Waals surface area (Å²) in [4.78, 5) is 25.4. The molecule has 0 aliphatic carbocycles. The third kappa shape index (κ3) is 3.42. The monoisotopic (exact) mass is 290 g/mol. The number of hydrogen-bond donors (Lipinski definition) is 2. The molecule has 1 heterocycles. The number of likely N-dealkylation sites (tertiary alicyclic amines) is 1. The van der Waals surface area contributed by atoms with Gasteiger partial charge in [0.25, 0.3) is 0 Å². The molecule has 1 aromatic rings. The molecule has 1 aliphatic rings. The third-order valence-electron chi connectivity index (χ3n) is 4.18. The smallest absolute Gasteiger partial charge is 0.326 e. The van der Waals surface area contributed by atoms with Crippen LogP contribution in [0.4, 0.5) is 0 Å². The van der Waals surface area contributed by atoms with Crippen LogP contribution in [0.1, 0.15) is 37.8 Å². The van der Waals surface area contributed by atoms with Crippen LogP contribution in [0.2, 0.25) is 0 Å². The van der Waals surface area contributed by atoms with Gasteiger partial charge in [0.05, 0.1) is 5.92 Å². The van der Waals surface area contributed by atoms with Crippen LogP contribution >= 0.6 is 0 Å². The highest BCUT2D eigenvalue weighted by Crippen LogP contribution is 2.25. The van der Waals surface area contributed by atoms with E-state index in [1.807, 2.05) is 30.3 Å². The number of carbonyl (C=O) groups is 2. The number of carboxylic acid groups (broad SMARTS) is 1. The molecule has 1 saturated heterocycles. The van der Waals surface area contributed by atoms with Crippen LogP contribution in [-0.4, -0.2) is 34.5 Å². The molecule has 1 aliphatic heterocycles. The van der Waals surface area contributed by atoms with E-state index >= 15 is 0 Å². The molecule has 0 radical (unpaired) electrons. The Balaban J connectivity index is 2.12. The van der Waals surface area contributed by atoms with Crippen molar-refractivity contribution in [3.63, 3.8) is 0 Å². The number of amides is 1. The molecule has 0 saturated carbocycles. The zero-order valence-electron chi connectivity index (χ0n) is 12.2. The van der Waals surface area contributed by atoms with Gasteiger partial charge in [-0.25, -0.2) is 4.79 Å². The molecular formula is C16H22N2O3. The van der Waals surface area contributed by atoms with E-state index in [0.717, 1.165) is 18.4 Å². The highest BCUT2D eigenvalue weighted by molar-refractivity contribution is 5.85. The first-order valence-corrected chi connectivity index (χ1v) is 7.36. The maximum absolute atomic E-state index is 12.6. The minimum atomic E-state index is -0.927. The fraction of sp³-hybridized carbons (Fsp3) is 0.500. The van der Waals surface area contributed by atoms with E-state index in [1.54, 1.807) is 6.92 Å². The van der Waals surface area contributed by atoms with Crippen LogP contribution in [-0.2, 0) is 9.59 Å². The highest BCUT2D eigenvalue weighted by atomic mass is 16.4. The van der Waals surface area contributed by atoms with Gasteiger partial charge in [-0.15, -0.1) is 0 Å². The zero-order valence-corrected chi connectivity index (χ0v) is 12.2. The number of hydrogen-bond acceptors (Lipinski definition) is 3. The Morgan fingerprint density at radius 1 is 1.29 bits per heavy atom. The number of benzene rings is 1. The fourth-order valence-corrected chi connectivity index (χ4v) is 2.83. The van der Waals surface area contributed by atoms with Crippen molar-refractivity contribution < 1.29 is 14.7 Å². The lowest BCUT2D eigenvalue weighted by molar-refractivity contribution is -0.154. The zero-order chi connectivity index (χ0) is 15.4. The average molecular weight is 290 g/mol. The van der Waals surface area contributed by atoms with Crippen molar-refractivity contribution in [1.82, 2.24) is 4.90 Å². The van der Waals surface area contributed by atoms with Crippen molar-refractivity contribution in [1.29, 1.82) is 0 Å². The predicted octanol–water partition coefficient (Wildman–Crippen LogP) is 1.79. The van der Waals surface area contributed by atoms with Gasteiger partial charge >= 0.3 is 5.97 Å². The molecule has 0 bridgehead atoms. The molecule has 5 heteroatoms. The molecule has 3 atom stereocenters. The Morgan fingerprint density at radius 3 is 2.57 bits per heavy atom. The summed E-state index contributed by atoms with van der Waals surface area (Å²) < 4.78 is 0. The van der Waals surface area contributed by atoms with E-state index in [2.05, 4.69) is 0 Å². The molecular weight excluding hydrogens is 268 g/mol. The van der Waals surface area contributed by atoms with Crippen LogP contribution < -0.4 is 5.73 Å². The van der Waals surface area contributed by atoms with Gasteiger partial charge in [0.2, 0.25) is 5.91 Å². The van der Waals surface area contributed by atoms with Crippen molar-refractivity contribution >= 4 is 11.9 Å². The summed E-state index contributed by atoms with van der Waals surface area (Å²) in [5, 5.41) is 9.27. The standard InChI is InChI=1S/C16H22N2O3/c1-11(14(17)12-7-3-2-4-8-12)15(19)18-10-6-5-9-13(18)16(20)21/h2-4,7-8,11,13-14H,5-6,9-10,17H2,1H3,(H,20,21)/t11?,13-,14?/m0/s1. The predicted molar refractivity (Wildman–Crippen MR) is 79.5 cm³/mol. The van der Waals surface area contributed by atoms with Gasteiger partial charge in [0, 0.05) is 12.6 Å². The summed E-state index contributed by atoms with van der Waals surface area (Å²) in [5.41, 5.74) is 7.06. The van der Waals surface area contributed by atoms with Gasteiger partial charge in [-0.05, 0) is 24.8 Å². The number of piperidine rings is 1. The lowest BCUT2D eigenvalue weighted by atomic mass is 9.92. The maximum Gasteiger partial charge on any atom is 0.326 e. The summed E-state index contributed by atoms with van der Waals surface area (Å²) in [6, 6.07) is 8.30. The van der Waals surface area contributed by atoms with Gasteiger partial charge in [-0.2, -0.15) is 0 Å². The van der Waals surface area contributed by atoms with E-state index in [0.29, 0.717) is 13.0 Å². The maximum atomic E-state index is 12.6. The molecule has 114 valence electrons. The molecule has 0 aromatic heterocycles. The van der Waals surface area contributed by atoms with Crippen LogP contribution in [0.3, 0.4) is 0 Å². The lowest BCUT2D eigenvalue weighted by Crippen LogP contribution is -2.51. The van der Waals surface area contributed by atoms with Crippen molar-refractivity contribution in [2.75, 3.05) is 6.54 Å². The molecule has 1 aromatic carbocycles. The highest BCUT2D eigenvalue weighted by Gasteiger charge is 2.35. The normalized spacial score (nSPS) is 21.6. The minimum absolute atomic E-state index is 0.168. The number of nitrogens with zero attached hydrogens (tertiary/aromatic N) is 1. The van der Waals surface area contributed by atoms with Crippen LogP contribution in [0, 0.1) is 5.92 Å². The molecule has 3 N–H and O–H groups in total. The second kappa shape index (κ2) is 6.72. The topological polar surface area (TPSA) is 83.6 Å². The van der Waals surface area contributed by atoms with E-state index in [4.69, 9.17) is 5.73 Å². The average Bonchev–Trinajstić information content (AvgIpc) is 2.53. The molecule has 0 spiro atoms. The third-order valence-corrected chi connectivity index (χ3v) is 4.18. The van der Waals surface area contributed by atoms with Gasteiger partial charge < -0.3 is 15.7 Å². The van der Waals surface area contributed by atoms with E-state index in [-0.39, 0.29) is 5.91 Å². The van der Waals surface area contributed by atoms with Crippen LogP contribution in [0.5, 0.6) is 0 Å². The second-order valence-corrected chi connectivity index (χ2v) is 5.61. The van der Waals surface area contributed by atoms with E-state index in [9.17, 15) is 14.7 Å². The van der Waals surface area contributed by atoms with E-state index < -0.39 is 24.0 Å². The van der Waals surface area contributed by atoms with Gasteiger partial charge in [0.1, 0.15) is 6.04 Å². The van der Waals surface area contributed by atoms with Crippen molar-refractivity contribution in [2.45, 2.75) is 38.3 Å². The van der Waals surface area contributed by atoms with Gasteiger partial charge in [-0.3, -0.25) is 4.79 Å². The Bertz CT molecular complexity index is 504. The summed E-state index contributed by atoms with van der Waals surface area (Å²) >= 11 is 0. The molecule has 2 rings (SSSR count). The van der Waals surface area contributed by atoms with Crippen LogP contribution in [0.25, 0.3) is 0 Å². The van der Waals surface area contributed by atoms with E-state index in [1.165, 1.54) is 4.90 Å². The molecule has 5 nitrogen and oxygen atoms in total. The molecule has 2 unspecified atom stereocenters. The largest absolute Gasteiger partial charge is 0.480 e. The molecule has 1 fully saturated rings. The fourth-order valence-electron chi connectivity index (χ4n) is 2.83. The minimum Gasteiger partial charge on any atom is -0.480 e. The summed E-state index contributed by atoms with van der Waals surface area (Å²) in [5.74, 6) is -1.53. The van der Waals surface area contributed by atoms with Gasteiger partial charge in [0.15, 0.2) is 0 Å². The lowest BCUT2D eigenvalue weighted by Gasteiger charge is -2.36. The van der Waals surface area contributed by atoms with Crippen molar-refractivity contribution in [2.24, 2.45) is 11.7 Å². The van der Waals surface area contributed by atoms with Crippen molar-refractivity contribution in [3.8, 4) is 0 Å². The Kier molecular flexibility index (Phi) is 4.96. The summed E-state index contributed by atoms with van der Waals surface area (Å²) in [6.07, 6.45) is 2.22. The second-order valence-electron chi connectivity index (χ2n) is 5.61. The first-order chi connectivity index (χ1) is 10.0. The quantitative estimate of drug-likeness (QED) is 0.885. The van der Waals surface area contributed by atoms with Crippen LogP contribution in [0.15, 0.2) is 30.3 Å². The number of aliphatic carboxylic acids is 1. The molecule has 1 amide bonds. The Morgan fingerprint density at radius 2 is 1.95 bits per heavy atom. The summed E-state index contributed by atoms with van der Waals surface area (Å²) in [7, 11) is 0. The first kappa shape index (κ1) is 15.5. The number of carbonyl (C=O) groups excluding carboxylic acids is 1. The van der Waals surface area contributed by atoms with Gasteiger partial charge in [-0.1, -0.05) is 37.3 Å². The summed E-state index contributed by atoms with van der Waals surface area (Å²) in [6.45, 7) is 2.27. The van der Waals surface area contributed by atoms with Crippen molar-refractivity contribution in [3.05, 3.63) is 35.9 Å².